The molecule has 1 heterocycles. The normalized spacial score (nSPS) is 18.3. The van der Waals surface area contributed by atoms with E-state index in [4.69, 9.17) is 11.6 Å². The molecule has 1 aromatic heterocycles. The van der Waals surface area contributed by atoms with Gasteiger partial charge in [-0.3, -0.25) is 4.79 Å². The van der Waals surface area contributed by atoms with Crippen LogP contribution in [0.1, 0.15) is 28.3 Å². The first-order valence-electron chi connectivity index (χ1n) is 8.32. The van der Waals surface area contributed by atoms with Crippen LogP contribution in [0.5, 0.6) is 0 Å². The Bertz CT molecular complexity index is 921. The maximum Gasteiger partial charge on any atom is 0.254 e. The fourth-order valence-corrected chi connectivity index (χ4v) is 3.87. The first-order chi connectivity index (χ1) is 12.7. The molecule has 0 saturated heterocycles. The average Bonchev–Trinajstić information content (AvgIpc) is 3.44. The van der Waals surface area contributed by atoms with Gasteiger partial charge in [0.1, 0.15) is 5.03 Å². The lowest BCUT2D eigenvalue weighted by Crippen LogP contribution is -2.27. The second kappa shape index (κ2) is 7.48. The number of hydrogen-bond acceptors (Lipinski definition) is 4. The van der Waals surface area contributed by atoms with E-state index in [9.17, 15) is 4.79 Å². The predicted molar refractivity (Wildman–Crippen MR) is 103 cm³/mol. The zero-order chi connectivity index (χ0) is 17.9. The van der Waals surface area contributed by atoms with Gasteiger partial charge < -0.3 is 5.32 Å². The zero-order valence-corrected chi connectivity index (χ0v) is 15.4. The molecule has 6 heteroatoms. The van der Waals surface area contributed by atoms with Gasteiger partial charge in [0, 0.05) is 16.9 Å². The number of hydrogen-bond donors (Lipinski definition) is 1. The van der Waals surface area contributed by atoms with E-state index in [1.165, 1.54) is 17.3 Å². The molecule has 4 rings (SSSR count). The first-order valence-corrected chi connectivity index (χ1v) is 9.52. The summed E-state index contributed by atoms with van der Waals surface area (Å²) in [5.41, 5.74) is 1.71. The highest BCUT2D eigenvalue weighted by atomic mass is 35.5. The highest BCUT2D eigenvalue weighted by Gasteiger charge is 2.39. The Morgan fingerprint density at radius 2 is 1.73 bits per heavy atom. The summed E-state index contributed by atoms with van der Waals surface area (Å²) in [4.78, 5) is 13.8. The fourth-order valence-electron chi connectivity index (χ4n) is 2.86. The summed E-state index contributed by atoms with van der Waals surface area (Å²) in [5, 5.41) is 11.9. The third-order valence-corrected chi connectivity index (χ3v) is 5.45. The molecule has 1 aliphatic rings. The third kappa shape index (κ3) is 3.89. The number of aromatic nitrogens is 2. The molecule has 0 bridgehead atoms. The molecule has 2 atom stereocenters. The SMILES string of the molecule is O=C(NC1CC1c1ccccc1)c1cc(Cl)nnc1Sc1ccccc1. The van der Waals surface area contributed by atoms with Crippen LogP contribution in [0.15, 0.2) is 76.7 Å². The number of nitrogens with one attached hydrogen (secondary N) is 1. The molecule has 1 fully saturated rings. The lowest BCUT2D eigenvalue weighted by atomic mass is 10.1. The van der Waals surface area contributed by atoms with Crippen molar-refractivity contribution < 1.29 is 4.79 Å². The number of rotatable bonds is 5. The number of halogens is 1. The van der Waals surface area contributed by atoms with Crippen molar-refractivity contribution in [1.82, 2.24) is 15.5 Å². The molecule has 1 N–H and O–H groups in total. The van der Waals surface area contributed by atoms with Crippen LogP contribution in [0, 0.1) is 0 Å². The topological polar surface area (TPSA) is 54.9 Å². The van der Waals surface area contributed by atoms with Gasteiger partial charge in [0.15, 0.2) is 5.15 Å². The first kappa shape index (κ1) is 17.1. The average molecular weight is 382 g/mol. The minimum Gasteiger partial charge on any atom is -0.349 e. The highest BCUT2D eigenvalue weighted by Crippen LogP contribution is 2.41. The van der Waals surface area contributed by atoms with Gasteiger partial charge in [-0.05, 0) is 30.2 Å². The Kier molecular flexibility index (Phi) is 4.91. The van der Waals surface area contributed by atoms with Gasteiger partial charge in [-0.25, -0.2) is 0 Å². The van der Waals surface area contributed by atoms with Gasteiger partial charge in [-0.15, -0.1) is 10.2 Å². The molecule has 0 aliphatic heterocycles. The number of amides is 1. The Morgan fingerprint density at radius 3 is 2.46 bits per heavy atom. The van der Waals surface area contributed by atoms with Gasteiger partial charge in [-0.2, -0.15) is 0 Å². The van der Waals surface area contributed by atoms with E-state index in [0.717, 1.165) is 11.3 Å². The van der Waals surface area contributed by atoms with E-state index < -0.39 is 0 Å². The van der Waals surface area contributed by atoms with Crippen molar-refractivity contribution in [2.24, 2.45) is 0 Å². The maximum absolute atomic E-state index is 12.8. The van der Waals surface area contributed by atoms with E-state index in [0.29, 0.717) is 16.5 Å². The van der Waals surface area contributed by atoms with Crippen molar-refractivity contribution in [2.75, 3.05) is 0 Å². The zero-order valence-electron chi connectivity index (χ0n) is 13.8. The van der Waals surface area contributed by atoms with E-state index in [1.807, 2.05) is 48.5 Å². The van der Waals surface area contributed by atoms with Crippen LogP contribution in [-0.4, -0.2) is 22.1 Å². The van der Waals surface area contributed by atoms with E-state index in [2.05, 4.69) is 27.6 Å². The molecular weight excluding hydrogens is 366 g/mol. The van der Waals surface area contributed by atoms with Gasteiger partial charge in [0.2, 0.25) is 0 Å². The number of benzene rings is 2. The summed E-state index contributed by atoms with van der Waals surface area (Å²) in [6, 6.07) is 21.7. The van der Waals surface area contributed by atoms with Crippen LogP contribution in [0.2, 0.25) is 5.15 Å². The fraction of sp³-hybridized carbons (Fsp3) is 0.150. The second-order valence-electron chi connectivity index (χ2n) is 6.13. The molecule has 1 aliphatic carbocycles. The smallest absolute Gasteiger partial charge is 0.254 e. The summed E-state index contributed by atoms with van der Waals surface area (Å²) in [6.07, 6.45) is 0.948. The molecule has 0 spiro atoms. The highest BCUT2D eigenvalue weighted by molar-refractivity contribution is 7.99. The molecule has 4 nitrogen and oxygen atoms in total. The van der Waals surface area contributed by atoms with E-state index >= 15 is 0 Å². The van der Waals surface area contributed by atoms with Crippen LogP contribution in [0.4, 0.5) is 0 Å². The van der Waals surface area contributed by atoms with Gasteiger partial charge >= 0.3 is 0 Å². The van der Waals surface area contributed by atoms with Crippen LogP contribution in [0.3, 0.4) is 0 Å². The summed E-state index contributed by atoms with van der Waals surface area (Å²) >= 11 is 7.38. The quantitative estimate of drug-likeness (QED) is 0.703. The Hall–Kier alpha value is -2.37. The molecule has 1 amide bonds. The largest absolute Gasteiger partial charge is 0.349 e. The van der Waals surface area contributed by atoms with Crippen molar-refractivity contribution in [3.8, 4) is 0 Å². The molecule has 3 aromatic rings. The summed E-state index contributed by atoms with van der Waals surface area (Å²) < 4.78 is 0. The minimum absolute atomic E-state index is 0.145. The Balaban J connectivity index is 1.50. The van der Waals surface area contributed by atoms with Crippen LogP contribution in [0.25, 0.3) is 0 Å². The van der Waals surface area contributed by atoms with Crippen LogP contribution >= 0.6 is 23.4 Å². The van der Waals surface area contributed by atoms with Crippen molar-refractivity contribution in [3.63, 3.8) is 0 Å². The summed E-state index contributed by atoms with van der Waals surface area (Å²) in [7, 11) is 0. The number of carbonyl (C=O) groups excluding carboxylic acids is 1. The third-order valence-electron chi connectivity index (χ3n) is 4.27. The Morgan fingerprint density at radius 1 is 1.04 bits per heavy atom. The van der Waals surface area contributed by atoms with E-state index in [-0.39, 0.29) is 17.1 Å². The van der Waals surface area contributed by atoms with Gasteiger partial charge in [-0.1, -0.05) is 71.9 Å². The molecular formula is C20H16ClN3OS. The van der Waals surface area contributed by atoms with E-state index in [1.54, 1.807) is 6.07 Å². The molecule has 26 heavy (non-hydrogen) atoms. The molecule has 2 unspecified atom stereocenters. The molecule has 0 radical (unpaired) electrons. The second-order valence-corrected chi connectivity index (χ2v) is 7.58. The van der Waals surface area contributed by atoms with Crippen LogP contribution in [-0.2, 0) is 0 Å². The lowest BCUT2D eigenvalue weighted by Gasteiger charge is -2.09. The van der Waals surface area contributed by atoms with Crippen molar-refractivity contribution in [1.29, 1.82) is 0 Å². The molecule has 1 saturated carbocycles. The molecule has 2 aromatic carbocycles. The summed E-state index contributed by atoms with van der Waals surface area (Å²) in [5.74, 6) is 0.208. The Labute approximate surface area is 161 Å². The van der Waals surface area contributed by atoms with Gasteiger partial charge in [0.25, 0.3) is 5.91 Å². The minimum atomic E-state index is -0.163. The van der Waals surface area contributed by atoms with Crippen molar-refractivity contribution in [2.45, 2.75) is 28.3 Å². The van der Waals surface area contributed by atoms with Crippen molar-refractivity contribution >= 4 is 29.3 Å². The molecule has 130 valence electrons. The van der Waals surface area contributed by atoms with Crippen LogP contribution < -0.4 is 5.32 Å². The summed E-state index contributed by atoms with van der Waals surface area (Å²) in [6.45, 7) is 0. The number of nitrogens with zero attached hydrogens (tertiary/aromatic N) is 2. The van der Waals surface area contributed by atoms with Crippen molar-refractivity contribution in [3.05, 3.63) is 83.0 Å². The predicted octanol–water partition coefficient (Wildman–Crippen LogP) is 4.57. The monoisotopic (exact) mass is 381 g/mol. The maximum atomic E-state index is 12.8. The van der Waals surface area contributed by atoms with Gasteiger partial charge in [0.05, 0.1) is 5.56 Å². The number of carbonyl (C=O) groups is 1. The standard InChI is InChI=1S/C20H16ClN3OS/c21-18-12-16(20(24-23-18)26-14-9-5-2-6-10-14)19(25)22-17-11-15(17)13-7-3-1-4-8-13/h1-10,12,15,17H,11H2,(H,22,25). The lowest BCUT2D eigenvalue weighted by molar-refractivity contribution is 0.0946.